The van der Waals surface area contributed by atoms with E-state index in [0.29, 0.717) is 19.8 Å². The van der Waals surface area contributed by atoms with Gasteiger partial charge in [0.1, 0.15) is 0 Å². The Morgan fingerprint density at radius 2 is 1.61 bits per heavy atom. The maximum atomic E-state index is 5.82. The normalized spacial score (nSPS) is 12.2. The summed E-state index contributed by atoms with van der Waals surface area (Å²) in [6, 6.07) is 19.0. The molecule has 0 aliphatic heterocycles. The van der Waals surface area contributed by atoms with Crippen LogP contribution in [-0.4, -0.2) is 28.8 Å². The third-order valence-electron chi connectivity index (χ3n) is 5.64. The molecule has 0 spiro atoms. The Bertz CT molecular complexity index is 1020. The van der Waals surface area contributed by atoms with Gasteiger partial charge in [-0.25, -0.2) is 0 Å². The minimum absolute atomic E-state index is 0. The molecule has 1 aromatic heterocycles. The fraction of sp³-hybridized carbons (Fsp3) is 0.385. The van der Waals surface area contributed by atoms with Gasteiger partial charge in [0.2, 0.25) is 0 Å². The van der Waals surface area contributed by atoms with E-state index in [1.54, 1.807) is 7.05 Å². The Morgan fingerprint density at radius 1 is 1.00 bits per heavy atom. The molecule has 0 aliphatic carbocycles. The summed E-state index contributed by atoms with van der Waals surface area (Å²) in [4.78, 5) is 4.38. The van der Waals surface area contributed by atoms with E-state index in [2.05, 4.69) is 77.9 Å². The number of nitrogens with one attached hydrogen (secondary N) is 2. The number of aryl methyl sites for hydroxylation is 2. The lowest BCUT2D eigenvalue weighted by Crippen LogP contribution is -2.42. The lowest BCUT2D eigenvalue weighted by molar-refractivity contribution is 0.107. The number of guanidine groups is 1. The number of aromatic nitrogens is 2. The molecule has 1 unspecified atom stereocenters. The van der Waals surface area contributed by atoms with Gasteiger partial charge >= 0.3 is 0 Å². The molecule has 0 amide bonds. The second kappa shape index (κ2) is 13.3. The van der Waals surface area contributed by atoms with Crippen LogP contribution in [0.15, 0.2) is 59.6 Å². The summed E-state index contributed by atoms with van der Waals surface area (Å²) < 4.78 is 7.77. The molecule has 7 heteroatoms. The second-order valence-electron chi connectivity index (χ2n) is 8.24. The Morgan fingerprint density at radius 3 is 2.18 bits per heavy atom. The zero-order valence-electron chi connectivity index (χ0n) is 20.3. The summed E-state index contributed by atoms with van der Waals surface area (Å²) in [5.74, 6) is 0.798. The molecule has 2 aromatic carbocycles. The average Bonchev–Trinajstić information content (AvgIpc) is 3.04. The Hall–Kier alpha value is -2.39. The fourth-order valence-corrected chi connectivity index (χ4v) is 3.70. The summed E-state index contributed by atoms with van der Waals surface area (Å²) in [6.45, 7) is 8.30. The molecule has 0 aliphatic rings. The van der Waals surface area contributed by atoms with E-state index in [1.807, 2.05) is 29.9 Å². The maximum Gasteiger partial charge on any atom is 0.191 e. The van der Waals surface area contributed by atoms with Crippen molar-refractivity contribution in [2.45, 2.75) is 53.0 Å². The zero-order chi connectivity index (χ0) is 22.9. The van der Waals surface area contributed by atoms with Crippen LogP contribution in [0.3, 0.4) is 0 Å². The van der Waals surface area contributed by atoms with Crippen LogP contribution < -0.4 is 10.6 Å². The predicted molar refractivity (Wildman–Crippen MR) is 146 cm³/mol. The highest BCUT2D eigenvalue weighted by atomic mass is 127. The number of aliphatic imine (C=N–C) groups is 1. The first-order valence-corrected chi connectivity index (χ1v) is 11.1. The Kier molecular flexibility index (Phi) is 10.9. The SMILES string of the molecule is CN=C(NCc1ccc(COCc2ccccc2)cc1)NC(C)Cc1c(C)nn(C)c1C.I. The molecular weight excluding hydrogens is 525 g/mol. The van der Waals surface area contributed by atoms with E-state index >= 15 is 0 Å². The van der Waals surface area contributed by atoms with Crippen LogP contribution in [-0.2, 0) is 38.0 Å². The van der Waals surface area contributed by atoms with Crippen LogP contribution in [0, 0.1) is 13.8 Å². The Balaban J connectivity index is 0.00000385. The van der Waals surface area contributed by atoms with Gasteiger partial charge in [-0.1, -0.05) is 54.6 Å². The number of ether oxygens (including phenoxy) is 1. The van der Waals surface area contributed by atoms with Gasteiger partial charge in [0.05, 0.1) is 18.9 Å². The van der Waals surface area contributed by atoms with Gasteiger partial charge in [-0.2, -0.15) is 5.10 Å². The molecular formula is C26H36IN5O. The van der Waals surface area contributed by atoms with Crippen molar-refractivity contribution in [3.05, 3.63) is 88.2 Å². The Labute approximate surface area is 214 Å². The van der Waals surface area contributed by atoms with Crippen molar-refractivity contribution < 1.29 is 4.74 Å². The fourth-order valence-electron chi connectivity index (χ4n) is 3.70. The lowest BCUT2D eigenvalue weighted by Gasteiger charge is -2.18. The number of rotatable bonds is 9. The molecule has 2 N–H and O–H groups in total. The molecule has 178 valence electrons. The third-order valence-corrected chi connectivity index (χ3v) is 5.64. The topological polar surface area (TPSA) is 63.5 Å². The van der Waals surface area contributed by atoms with Gasteiger partial charge in [0, 0.05) is 32.4 Å². The number of benzene rings is 2. The number of hydrogen-bond acceptors (Lipinski definition) is 3. The van der Waals surface area contributed by atoms with Crippen molar-refractivity contribution in [3.8, 4) is 0 Å². The number of halogens is 1. The van der Waals surface area contributed by atoms with Crippen LogP contribution in [0.1, 0.15) is 40.6 Å². The molecule has 33 heavy (non-hydrogen) atoms. The smallest absolute Gasteiger partial charge is 0.191 e. The van der Waals surface area contributed by atoms with Gasteiger partial charge in [-0.05, 0) is 49.4 Å². The van der Waals surface area contributed by atoms with E-state index in [0.717, 1.165) is 18.1 Å². The summed E-state index contributed by atoms with van der Waals surface area (Å²) in [5.41, 5.74) is 7.17. The summed E-state index contributed by atoms with van der Waals surface area (Å²) in [7, 11) is 3.79. The van der Waals surface area contributed by atoms with Crippen LogP contribution in [0.25, 0.3) is 0 Å². The van der Waals surface area contributed by atoms with Gasteiger partial charge < -0.3 is 15.4 Å². The zero-order valence-corrected chi connectivity index (χ0v) is 22.6. The van der Waals surface area contributed by atoms with Crippen molar-refractivity contribution in [2.24, 2.45) is 12.0 Å². The van der Waals surface area contributed by atoms with Crippen molar-refractivity contribution in [2.75, 3.05) is 7.05 Å². The number of nitrogens with zero attached hydrogens (tertiary/aromatic N) is 3. The number of hydrogen-bond donors (Lipinski definition) is 2. The molecule has 3 rings (SSSR count). The minimum atomic E-state index is 0. The third kappa shape index (κ3) is 8.16. The van der Waals surface area contributed by atoms with E-state index in [9.17, 15) is 0 Å². The first-order chi connectivity index (χ1) is 15.5. The highest BCUT2D eigenvalue weighted by Gasteiger charge is 2.14. The lowest BCUT2D eigenvalue weighted by atomic mass is 10.1. The molecule has 0 radical (unpaired) electrons. The largest absolute Gasteiger partial charge is 0.372 e. The van der Waals surface area contributed by atoms with Crippen LogP contribution in [0.2, 0.25) is 0 Å². The van der Waals surface area contributed by atoms with Crippen molar-refractivity contribution >= 4 is 29.9 Å². The molecule has 6 nitrogen and oxygen atoms in total. The molecule has 1 heterocycles. The summed E-state index contributed by atoms with van der Waals surface area (Å²) >= 11 is 0. The minimum Gasteiger partial charge on any atom is -0.372 e. The standard InChI is InChI=1S/C26H35N5O.HI/c1-19(15-25-20(2)30-31(5)21(25)3)29-26(27-4)28-16-22-11-13-24(14-12-22)18-32-17-23-9-7-6-8-10-23;/h6-14,19H,15-18H2,1-5H3,(H2,27,28,29);1H. The summed E-state index contributed by atoms with van der Waals surface area (Å²) in [6.07, 6.45) is 0.907. The van der Waals surface area contributed by atoms with Crippen molar-refractivity contribution in [1.82, 2.24) is 20.4 Å². The van der Waals surface area contributed by atoms with E-state index in [4.69, 9.17) is 4.74 Å². The van der Waals surface area contributed by atoms with E-state index < -0.39 is 0 Å². The summed E-state index contributed by atoms with van der Waals surface area (Å²) in [5, 5.41) is 11.4. The van der Waals surface area contributed by atoms with E-state index in [1.165, 1.54) is 27.9 Å². The van der Waals surface area contributed by atoms with Gasteiger partial charge in [-0.3, -0.25) is 9.67 Å². The highest BCUT2D eigenvalue weighted by Crippen LogP contribution is 2.14. The maximum absolute atomic E-state index is 5.82. The predicted octanol–water partition coefficient (Wildman–Crippen LogP) is 4.67. The first kappa shape index (κ1) is 26.9. The van der Waals surface area contributed by atoms with Crippen LogP contribution >= 0.6 is 24.0 Å². The van der Waals surface area contributed by atoms with Crippen molar-refractivity contribution in [3.63, 3.8) is 0 Å². The van der Waals surface area contributed by atoms with Gasteiger partial charge in [-0.15, -0.1) is 24.0 Å². The quantitative estimate of drug-likeness (QED) is 0.227. The first-order valence-electron chi connectivity index (χ1n) is 11.1. The van der Waals surface area contributed by atoms with Crippen LogP contribution in [0.5, 0.6) is 0 Å². The van der Waals surface area contributed by atoms with Crippen LogP contribution in [0.4, 0.5) is 0 Å². The average molecular weight is 562 g/mol. The second-order valence-corrected chi connectivity index (χ2v) is 8.24. The van der Waals surface area contributed by atoms with Gasteiger partial charge in [0.15, 0.2) is 5.96 Å². The molecule has 1 atom stereocenters. The monoisotopic (exact) mass is 561 g/mol. The van der Waals surface area contributed by atoms with Crippen molar-refractivity contribution in [1.29, 1.82) is 0 Å². The highest BCUT2D eigenvalue weighted by molar-refractivity contribution is 14.0. The molecule has 0 bridgehead atoms. The molecule has 3 aromatic rings. The van der Waals surface area contributed by atoms with E-state index in [-0.39, 0.29) is 30.0 Å². The molecule has 0 saturated heterocycles. The molecule has 0 fully saturated rings. The van der Waals surface area contributed by atoms with Gasteiger partial charge in [0.25, 0.3) is 0 Å². The molecule has 0 saturated carbocycles.